The molecule has 0 aliphatic heterocycles. The number of pyridine rings is 1. The summed E-state index contributed by atoms with van der Waals surface area (Å²) in [7, 11) is 0. The SMILES string of the molecule is OCCc1cc(-c2ccccn2)no1. The second-order valence-electron chi connectivity index (χ2n) is 2.87. The van der Waals surface area contributed by atoms with Crippen LogP contribution in [0.15, 0.2) is 35.0 Å². The molecule has 4 heteroatoms. The van der Waals surface area contributed by atoms with Gasteiger partial charge in [0.2, 0.25) is 0 Å². The summed E-state index contributed by atoms with van der Waals surface area (Å²) in [5, 5.41) is 12.6. The molecule has 0 aromatic carbocycles. The average Bonchev–Trinajstić information content (AvgIpc) is 2.68. The van der Waals surface area contributed by atoms with Gasteiger partial charge in [0, 0.05) is 18.7 Å². The minimum Gasteiger partial charge on any atom is -0.396 e. The van der Waals surface area contributed by atoms with E-state index in [9.17, 15) is 0 Å². The van der Waals surface area contributed by atoms with Crippen molar-refractivity contribution in [3.05, 3.63) is 36.2 Å². The minimum atomic E-state index is 0.0663. The molecule has 2 aromatic rings. The maximum atomic E-state index is 8.70. The molecule has 1 N–H and O–H groups in total. The molecule has 0 atom stereocenters. The van der Waals surface area contributed by atoms with Gasteiger partial charge in [-0.2, -0.15) is 0 Å². The van der Waals surface area contributed by atoms with Gasteiger partial charge in [-0.1, -0.05) is 11.2 Å². The third-order valence-electron chi connectivity index (χ3n) is 1.84. The van der Waals surface area contributed by atoms with Gasteiger partial charge in [-0.15, -0.1) is 0 Å². The molecule has 2 rings (SSSR count). The van der Waals surface area contributed by atoms with Gasteiger partial charge in [0.05, 0.1) is 12.3 Å². The first-order chi connectivity index (χ1) is 6.90. The second-order valence-corrected chi connectivity index (χ2v) is 2.87. The van der Waals surface area contributed by atoms with Crippen molar-refractivity contribution >= 4 is 0 Å². The molecule has 72 valence electrons. The van der Waals surface area contributed by atoms with E-state index in [1.807, 2.05) is 18.2 Å². The summed E-state index contributed by atoms with van der Waals surface area (Å²) in [5.41, 5.74) is 1.48. The smallest absolute Gasteiger partial charge is 0.139 e. The normalized spacial score (nSPS) is 10.4. The van der Waals surface area contributed by atoms with Crippen LogP contribution in [0.2, 0.25) is 0 Å². The summed E-state index contributed by atoms with van der Waals surface area (Å²) >= 11 is 0. The van der Waals surface area contributed by atoms with Gasteiger partial charge < -0.3 is 9.63 Å². The zero-order valence-corrected chi connectivity index (χ0v) is 7.55. The zero-order chi connectivity index (χ0) is 9.80. The highest BCUT2D eigenvalue weighted by Gasteiger charge is 2.05. The van der Waals surface area contributed by atoms with Gasteiger partial charge in [-0.05, 0) is 12.1 Å². The Labute approximate surface area is 81.2 Å². The highest BCUT2D eigenvalue weighted by molar-refractivity contribution is 5.52. The molecule has 0 bridgehead atoms. The molecular weight excluding hydrogens is 180 g/mol. The zero-order valence-electron chi connectivity index (χ0n) is 7.55. The highest BCUT2D eigenvalue weighted by atomic mass is 16.5. The number of hydrogen-bond donors (Lipinski definition) is 1. The van der Waals surface area contributed by atoms with Crippen molar-refractivity contribution in [1.29, 1.82) is 0 Å². The first-order valence-corrected chi connectivity index (χ1v) is 4.38. The molecule has 0 amide bonds. The lowest BCUT2D eigenvalue weighted by Crippen LogP contribution is -1.86. The van der Waals surface area contributed by atoms with Gasteiger partial charge in [0.1, 0.15) is 11.5 Å². The summed E-state index contributed by atoms with van der Waals surface area (Å²) in [5.74, 6) is 0.674. The van der Waals surface area contributed by atoms with Crippen LogP contribution in [0.3, 0.4) is 0 Å². The number of hydrogen-bond acceptors (Lipinski definition) is 4. The molecule has 0 saturated heterocycles. The van der Waals surface area contributed by atoms with Crippen LogP contribution in [-0.2, 0) is 6.42 Å². The molecule has 14 heavy (non-hydrogen) atoms. The van der Waals surface area contributed by atoms with Crippen LogP contribution in [-0.4, -0.2) is 21.9 Å². The minimum absolute atomic E-state index is 0.0663. The number of nitrogens with zero attached hydrogens (tertiary/aromatic N) is 2. The topological polar surface area (TPSA) is 59.2 Å². The van der Waals surface area contributed by atoms with E-state index in [-0.39, 0.29) is 6.61 Å². The third kappa shape index (κ3) is 1.80. The maximum Gasteiger partial charge on any atom is 0.139 e. The Balaban J connectivity index is 2.25. The predicted octanol–water partition coefficient (Wildman–Crippen LogP) is 1.27. The summed E-state index contributed by atoms with van der Waals surface area (Å²) in [6, 6.07) is 7.39. The molecular formula is C10H10N2O2. The van der Waals surface area contributed by atoms with Crippen molar-refractivity contribution in [2.45, 2.75) is 6.42 Å². The standard InChI is InChI=1S/C10H10N2O2/c13-6-4-8-7-10(12-14-8)9-3-1-2-5-11-9/h1-3,5,7,13H,4,6H2. The van der Waals surface area contributed by atoms with Crippen LogP contribution in [0, 0.1) is 0 Å². The molecule has 0 unspecified atom stereocenters. The van der Waals surface area contributed by atoms with Gasteiger partial charge >= 0.3 is 0 Å². The van der Waals surface area contributed by atoms with Crippen molar-refractivity contribution in [3.63, 3.8) is 0 Å². The fraction of sp³-hybridized carbons (Fsp3) is 0.200. The van der Waals surface area contributed by atoms with Crippen LogP contribution >= 0.6 is 0 Å². The summed E-state index contributed by atoms with van der Waals surface area (Å²) in [6.07, 6.45) is 2.19. The molecule has 0 radical (unpaired) electrons. The van der Waals surface area contributed by atoms with Crippen LogP contribution in [0.5, 0.6) is 0 Å². The molecule has 0 saturated carbocycles. The second kappa shape index (κ2) is 4.02. The molecule has 2 aromatic heterocycles. The van der Waals surface area contributed by atoms with E-state index in [1.54, 1.807) is 12.3 Å². The van der Waals surface area contributed by atoms with Crippen molar-refractivity contribution in [3.8, 4) is 11.4 Å². The quantitative estimate of drug-likeness (QED) is 0.791. The van der Waals surface area contributed by atoms with Crippen LogP contribution in [0.25, 0.3) is 11.4 Å². The number of rotatable bonds is 3. The van der Waals surface area contributed by atoms with Gasteiger partial charge in [-0.3, -0.25) is 4.98 Å². The fourth-order valence-electron chi connectivity index (χ4n) is 1.18. The van der Waals surface area contributed by atoms with E-state index in [0.717, 1.165) is 5.69 Å². The van der Waals surface area contributed by atoms with Crippen molar-refractivity contribution in [1.82, 2.24) is 10.1 Å². The first-order valence-electron chi connectivity index (χ1n) is 4.38. The van der Waals surface area contributed by atoms with E-state index < -0.39 is 0 Å². The lowest BCUT2D eigenvalue weighted by atomic mass is 10.2. The predicted molar refractivity (Wildman–Crippen MR) is 50.5 cm³/mol. The van der Waals surface area contributed by atoms with E-state index in [2.05, 4.69) is 10.1 Å². The number of aliphatic hydroxyl groups is 1. The third-order valence-corrected chi connectivity index (χ3v) is 1.84. The Bertz CT molecular complexity index is 398. The average molecular weight is 190 g/mol. The Hall–Kier alpha value is -1.68. The van der Waals surface area contributed by atoms with Crippen molar-refractivity contribution in [2.75, 3.05) is 6.61 Å². The Morgan fingerprint density at radius 2 is 2.21 bits per heavy atom. The lowest BCUT2D eigenvalue weighted by molar-refractivity contribution is 0.277. The monoisotopic (exact) mass is 190 g/mol. The van der Waals surface area contributed by atoms with Gasteiger partial charge in [-0.25, -0.2) is 0 Å². The lowest BCUT2D eigenvalue weighted by Gasteiger charge is -1.90. The number of aromatic nitrogens is 2. The van der Waals surface area contributed by atoms with E-state index >= 15 is 0 Å². The van der Waals surface area contributed by atoms with Gasteiger partial charge in [0.15, 0.2) is 0 Å². The highest BCUT2D eigenvalue weighted by Crippen LogP contribution is 2.15. The van der Waals surface area contributed by atoms with Crippen LogP contribution < -0.4 is 0 Å². The van der Waals surface area contributed by atoms with Gasteiger partial charge in [0.25, 0.3) is 0 Å². The van der Waals surface area contributed by atoms with E-state index in [4.69, 9.17) is 9.63 Å². The molecule has 0 aliphatic carbocycles. The molecule has 0 fully saturated rings. The van der Waals surface area contributed by atoms with E-state index in [0.29, 0.717) is 17.9 Å². The van der Waals surface area contributed by atoms with Crippen LogP contribution in [0.4, 0.5) is 0 Å². The van der Waals surface area contributed by atoms with E-state index in [1.165, 1.54) is 0 Å². The summed E-state index contributed by atoms with van der Waals surface area (Å²) in [4.78, 5) is 4.14. The summed E-state index contributed by atoms with van der Waals surface area (Å²) < 4.78 is 5.01. The largest absolute Gasteiger partial charge is 0.396 e. The Morgan fingerprint density at radius 3 is 2.93 bits per heavy atom. The Kier molecular flexibility index (Phi) is 2.55. The molecule has 2 heterocycles. The molecule has 0 spiro atoms. The summed E-state index contributed by atoms with van der Waals surface area (Å²) in [6.45, 7) is 0.0663. The van der Waals surface area contributed by atoms with Crippen molar-refractivity contribution in [2.24, 2.45) is 0 Å². The molecule has 4 nitrogen and oxygen atoms in total. The Morgan fingerprint density at radius 1 is 1.29 bits per heavy atom. The maximum absolute atomic E-state index is 8.70. The number of aliphatic hydroxyl groups excluding tert-OH is 1. The fourth-order valence-corrected chi connectivity index (χ4v) is 1.18. The van der Waals surface area contributed by atoms with Crippen LogP contribution in [0.1, 0.15) is 5.76 Å². The van der Waals surface area contributed by atoms with Crippen molar-refractivity contribution < 1.29 is 9.63 Å². The first kappa shape index (κ1) is 8.90. The molecule has 0 aliphatic rings.